The van der Waals surface area contributed by atoms with Crippen LogP contribution in [0.3, 0.4) is 0 Å². The second-order valence-electron chi connectivity index (χ2n) is 5.34. The summed E-state index contributed by atoms with van der Waals surface area (Å²) in [6.45, 7) is 2.38. The molecule has 112 valence electrons. The first-order valence-electron chi connectivity index (χ1n) is 7.12. The van der Waals surface area contributed by atoms with E-state index in [0.717, 1.165) is 25.0 Å². The molecule has 0 saturated carbocycles. The molecular weight excluding hydrogens is 254 g/mol. The number of aliphatic carboxylic acids is 1. The van der Waals surface area contributed by atoms with Crippen molar-refractivity contribution in [1.29, 1.82) is 0 Å². The smallest absolute Gasteiger partial charge is 0.307 e. The Labute approximate surface area is 120 Å². The van der Waals surface area contributed by atoms with Gasteiger partial charge in [-0.15, -0.1) is 0 Å². The maximum Gasteiger partial charge on any atom is 0.307 e. The van der Waals surface area contributed by atoms with E-state index in [9.17, 15) is 4.79 Å². The molecule has 0 heterocycles. The van der Waals surface area contributed by atoms with Gasteiger partial charge in [0, 0.05) is 6.54 Å². The number of rotatable bonds is 9. The zero-order valence-corrected chi connectivity index (χ0v) is 12.3. The van der Waals surface area contributed by atoms with Crippen molar-refractivity contribution in [3.63, 3.8) is 0 Å². The van der Waals surface area contributed by atoms with E-state index in [4.69, 9.17) is 15.6 Å². The molecule has 0 radical (unpaired) electrons. The Balaban J connectivity index is 2.35. The summed E-state index contributed by atoms with van der Waals surface area (Å²) < 4.78 is 5.20. The number of carbonyl (C=O) groups is 1. The van der Waals surface area contributed by atoms with Gasteiger partial charge in [-0.2, -0.15) is 0 Å². The maximum atomic E-state index is 10.9. The van der Waals surface area contributed by atoms with E-state index < -0.39 is 11.9 Å². The summed E-state index contributed by atoms with van der Waals surface area (Å²) >= 11 is 0. The topological polar surface area (TPSA) is 72.5 Å². The quantitative estimate of drug-likeness (QED) is 0.729. The van der Waals surface area contributed by atoms with E-state index in [1.165, 1.54) is 5.56 Å². The highest BCUT2D eigenvalue weighted by Gasteiger charge is 2.16. The van der Waals surface area contributed by atoms with Crippen molar-refractivity contribution in [3.05, 3.63) is 29.8 Å². The highest BCUT2D eigenvalue weighted by molar-refractivity contribution is 5.70. The van der Waals surface area contributed by atoms with Crippen LogP contribution < -0.4 is 10.5 Å². The number of hydrogen-bond donors (Lipinski definition) is 2. The van der Waals surface area contributed by atoms with E-state index in [1.807, 2.05) is 18.2 Å². The molecule has 3 N–H and O–H groups in total. The Bertz CT molecular complexity index is 420. The third kappa shape index (κ3) is 5.61. The van der Waals surface area contributed by atoms with Crippen molar-refractivity contribution in [3.8, 4) is 5.75 Å². The summed E-state index contributed by atoms with van der Waals surface area (Å²) in [5, 5.41) is 8.96. The molecule has 0 fully saturated rings. The van der Waals surface area contributed by atoms with Crippen LogP contribution in [0.2, 0.25) is 0 Å². The number of hydrogen-bond acceptors (Lipinski definition) is 3. The first-order chi connectivity index (χ1) is 9.56. The molecular formula is C16H25NO3. The average molecular weight is 279 g/mol. The van der Waals surface area contributed by atoms with Gasteiger partial charge >= 0.3 is 5.97 Å². The van der Waals surface area contributed by atoms with Crippen LogP contribution in [0, 0.1) is 11.8 Å². The third-order valence-electron chi connectivity index (χ3n) is 3.70. The summed E-state index contributed by atoms with van der Waals surface area (Å²) in [6, 6.07) is 8.07. The zero-order valence-electron chi connectivity index (χ0n) is 12.3. The molecule has 20 heavy (non-hydrogen) atoms. The van der Waals surface area contributed by atoms with Gasteiger partial charge in [-0.25, -0.2) is 0 Å². The molecule has 1 aromatic rings. The van der Waals surface area contributed by atoms with Gasteiger partial charge in [0.1, 0.15) is 5.75 Å². The molecule has 1 rings (SSSR count). The Morgan fingerprint density at radius 1 is 1.35 bits per heavy atom. The predicted octanol–water partition coefficient (Wildman–Crippen LogP) is 2.70. The van der Waals surface area contributed by atoms with E-state index in [-0.39, 0.29) is 6.54 Å². The van der Waals surface area contributed by atoms with Gasteiger partial charge in [-0.3, -0.25) is 4.79 Å². The molecule has 0 spiro atoms. The van der Waals surface area contributed by atoms with E-state index in [1.54, 1.807) is 7.11 Å². The second kappa shape index (κ2) is 8.59. The van der Waals surface area contributed by atoms with Crippen molar-refractivity contribution in [2.45, 2.75) is 32.6 Å². The summed E-state index contributed by atoms with van der Waals surface area (Å²) in [4.78, 5) is 10.9. The van der Waals surface area contributed by atoms with E-state index >= 15 is 0 Å². The number of nitrogens with two attached hydrogens (primary N) is 1. The average Bonchev–Trinajstić information content (AvgIpc) is 2.45. The van der Waals surface area contributed by atoms with Crippen molar-refractivity contribution in [2.24, 2.45) is 17.6 Å². The Hall–Kier alpha value is -1.55. The molecule has 0 aliphatic heterocycles. The van der Waals surface area contributed by atoms with E-state index in [0.29, 0.717) is 12.3 Å². The van der Waals surface area contributed by atoms with Crippen LogP contribution in [0.25, 0.3) is 0 Å². The maximum absolute atomic E-state index is 10.9. The Morgan fingerprint density at radius 3 is 2.70 bits per heavy atom. The molecule has 0 aliphatic rings. The van der Waals surface area contributed by atoms with Gasteiger partial charge in [-0.05, 0) is 49.3 Å². The molecule has 0 aromatic heterocycles. The van der Waals surface area contributed by atoms with Gasteiger partial charge in [-0.1, -0.05) is 19.1 Å². The van der Waals surface area contributed by atoms with Gasteiger partial charge in [0.05, 0.1) is 13.0 Å². The van der Waals surface area contributed by atoms with Gasteiger partial charge in [0.2, 0.25) is 0 Å². The minimum absolute atomic E-state index is 0.220. The predicted molar refractivity (Wildman–Crippen MR) is 79.9 cm³/mol. The van der Waals surface area contributed by atoms with Crippen LogP contribution in [0.15, 0.2) is 24.3 Å². The third-order valence-corrected chi connectivity index (χ3v) is 3.70. The highest BCUT2D eigenvalue weighted by atomic mass is 16.5. The molecule has 0 saturated heterocycles. The molecule has 0 aliphatic carbocycles. The van der Waals surface area contributed by atoms with Crippen LogP contribution in [-0.4, -0.2) is 24.7 Å². The monoisotopic (exact) mass is 279 g/mol. The van der Waals surface area contributed by atoms with Crippen molar-refractivity contribution >= 4 is 5.97 Å². The normalized spacial score (nSPS) is 13.8. The lowest BCUT2D eigenvalue weighted by molar-refractivity contribution is -0.141. The van der Waals surface area contributed by atoms with Crippen molar-refractivity contribution < 1.29 is 14.6 Å². The number of carboxylic acid groups (broad SMARTS) is 1. The summed E-state index contributed by atoms with van der Waals surface area (Å²) in [5.41, 5.74) is 6.72. The van der Waals surface area contributed by atoms with Crippen molar-refractivity contribution in [1.82, 2.24) is 0 Å². The molecule has 0 bridgehead atoms. The summed E-state index contributed by atoms with van der Waals surface area (Å²) in [6.07, 6.45) is 3.59. The number of ether oxygens (including phenoxy) is 1. The van der Waals surface area contributed by atoms with Crippen LogP contribution in [0.4, 0.5) is 0 Å². The largest absolute Gasteiger partial charge is 0.497 e. The molecule has 2 unspecified atom stereocenters. The van der Waals surface area contributed by atoms with Crippen molar-refractivity contribution in [2.75, 3.05) is 13.7 Å². The van der Waals surface area contributed by atoms with Gasteiger partial charge in [0.15, 0.2) is 0 Å². The number of benzene rings is 1. The number of methoxy groups -OCH3 is 1. The lowest BCUT2D eigenvalue weighted by Crippen LogP contribution is -2.23. The second-order valence-corrected chi connectivity index (χ2v) is 5.34. The lowest BCUT2D eigenvalue weighted by Gasteiger charge is -2.14. The van der Waals surface area contributed by atoms with Gasteiger partial charge < -0.3 is 15.6 Å². The Morgan fingerprint density at radius 2 is 2.10 bits per heavy atom. The Kier molecular flexibility index (Phi) is 7.09. The molecule has 4 nitrogen and oxygen atoms in total. The SMILES string of the molecule is COc1cccc(CCC(C)CCC(CN)C(=O)O)c1. The fourth-order valence-electron chi connectivity index (χ4n) is 2.21. The minimum atomic E-state index is -0.785. The molecule has 4 heteroatoms. The van der Waals surface area contributed by atoms with Gasteiger partial charge in [0.25, 0.3) is 0 Å². The summed E-state index contributed by atoms with van der Waals surface area (Å²) in [7, 11) is 1.67. The number of carboxylic acids is 1. The molecule has 1 aromatic carbocycles. The minimum Gasteiger partial charge on any atom is -0.497 e. The zero-order chi connectivity index (χ0) is 15.0. The van der Waals surface area contributed by atoms with Crippen LogP contribution in [0.5, 0.6) is 5.75 Å². The van der Waals surface area contributed by atoms with E-state index in [2.05, 4.69) is 13.0 Å². The first-order valence-corrected chi connectivity index (χ1v) is 7.12. The van der Waals surface area contributed by atoms with Crippen LogP contribution in [0.1, 0.15) is 31.7 Å². The van der Waals surface area contributed by atoms with Crippen LogP contribution >= 0.6 is 0 Å². The van der Waals surface area contributed by atoms with Crippen LogP contribution in [-0.2, 0) is 11.2 Å². The summed E-state index contributed by atoms with van der Waals surface area (Å²) in [5.74, 6) is 0.181. The standard InChI is InChI=1S/C16H25NO3/c1-12(7-9-14(11-17)16(18)19)6-8-13-4-3-5-15(10-13)20-2/h3-5,10,12,14H,6-9,11,17H2,1-2H3,(H,18,19). The fraction of sp³-hybridized carbons (Fsp3) is 0.562. The molecule has 0 amide bonds. The molecule has 2 atom stereocenters. The first kappa shape index (κ1) is 16.5. The highest BCUT2D eigenvalue weighted by Crippen LogP contribution is 2.20. The fourth-order valence-corrected chi connectivity index (χ4v) is 2.21. The lowest BCUT2D eigenvalue weighted by atomic mass is 9.92. The number of aryl methyl sites for hydroxylation is 1.